The molecule has 0 aliphatic carbocycles. The molecule has 2 saturated heterocycles. The van der Waals surface area contributed by atoms with Crippen LogP contribution in [0.1, 0.15) is 24.3 Å². The highest BCUT2D eigenvalue weighted by atomic mass is 16.5. The first-order valence-corrected chi connectivity index (χ1v) is 8.22. The molecule has 1 aromatic heterocycles. The molecule has 1 spiro atoms. The number of imidazole rings is 1. The van der Waals surface area contributed by atoms with Crippen molar-refractivity contribution in [2.45, 2.75) is 25.5 Å². The van der Waals surface area contributed by atoms with E-state index in [9.17, 15) is 4.79 Å². The molecule has 3 rings (SSSR count). The van der Waals surface area contributed by atoms with Crippen molar-refractivity contribution in [1.82, 2.24) is 19.4 Å². The van der Waals surface area contributed by atoms with Crippen molar-refractivity contribution in [3.05, 3.63) is 18.2 Å². The Morgan fingerprint density at radius 1 is 1.30 bits per heavy atom. The van der Waals surface area contributed by atoms with Gasteiger partial charge >= 0.3 is 0 Å². The molecule has 0 aromatic carbocycles. The molecule has 0 saturated carbocycles. The van der Waals surface area contributed by atoms with Gasteiger partial charge in [0.1, 0.15) is 11.3 Å². The Morgan fingerprint density at radius 2 is 2.13 bits per heavy atom. The molecular formula is C16H26N4O3. The van der Waals surface area contributed by atoms with E-state index in [-0.39, 0.29) is 5.91 Å². The van der Waals surface area contributed by atoms with E-state index in [1.54, 1.807) is 17.1 Å². The Balaban J connectivity index is 1.75. The molecule has 0 N–H and O–H groups in total. The fourth-order valence-electron chi connectivity index (χ4n) is 3.26. The van der Waals surface area contributed by atoms with E-state index in [2.05, 4.69) is 23.7 Å². The maximum Gasteiger partial charge on any atom is 0.274 e. The third kappa shape index (κ3) is 3.57. The molecule has 2 aliphatic heterocycles. The van der Waals surface area contributed by atoms with Crippen molar-refractivity contribution in [2.24, 2.45) is 7.05 Å². The molecule has 3 heterocycles. The van der Waals surface area contributed by atoms with Gasteiger partial charge in [-0.1, -0.05) is 0 Å². The highest BCUT2D eigenvalue weighted by molar-refractivity contribution is 5.92. The van der Waals surface area contributed by atoms with Crippen LogP contribution in [0.15, 0.2) is 12.5 Å². The molecule has 7 nitrogen and oxygen atoms in total. The predicted octanol–water partition coefficient (Wildman–Crippen LogP) is 0.372. The number of ether oxygens (including phenoxy) is 2. The van der Waals surface area contributed by atoms with Crippen LogP contribution in [0.25, 0.3) is 0 Å². The van der Waals surface area contributed by atoms with E-state index in [0.29, 0.717) is 44.6 Å². The predicted molar refractivity (Wildman–Crippen MR) is 85.3 cm³/mol. The summed E-state index contributed by atoms with van der Waals surface area (Å²) in [5.74, 6) is -0.0337. The van der Waals surface area contributed by atoms with E-state index in [1.165, 1.54) is 0 Å². The van der Waals surface area contributed by atoms with Crippen molar-refractivity contribution >= 4 is 5.91 Å². The quantitative estimate of drug-likeness (QED) is 0.787. The highest BCUT2D eigenvalue weighted by Gasteiger charge is 2.42. The van der Waals surface area contributed by atoms with E-state index in [4.69, 9.17) is 9.47 Å². The summed E-state index contributed by atoms with van der Waals surface area (Å²) in [6.07, 6.45) is 3.41. The van der Waals surface area contributed by atoms with Gasteiger partial charge in [0.2, 0.25) is 0 Å². The van der Waals surface area contributed by atoms with Gasteiger partial charge in [-0.2, -0.15) is 0 Å². The van der Waals surface area contributed by atoms with Gasteiger partial charge in [-0.3, -0.25) is 9.69 Å². The average molecular weight is 322 g/mol. The molecule has 0 radical (unpaired) electrons. The van der Waals surface area contributed by atoms with Crippen molar-refractivity contribution in [3.8, 4) is 0 Å². The fraction of sp³-hybridized carbons (Fsp3) is 0.750. The number of aryl methyl sites for hydroxylation is 1. The van der Waals surface area contributed by atoms with Crippen LogP contribution in [0.3, 0.4) is 0 Å². The Labute approximate surface area is 137 Å². The Morgan fingerprint density at radius 3 is 2.83 bits per heavy atom. The molecular weight excluding hydrogens is 296 g/mol. The number of carbonyl (C=O) groups is 1. The lowest BCUT2D eigenvalue weighted by Gasteiger charge is -2.43. The Bertz CT molecular complexity index is 559. The van der Waals surface area contributed by atoms with Gasteiger partial charge < -0.3 is 18.9 Å². The maximum atomic E-state index is 12.7. The van der Waals surface area contributed by atoms with Crippen LogP contribution in [0.2, 0.25) is 0 Å². The number of hydrogen-bond acceptors (Lipinski definition) is 5. The summed E-state index contributed by atoms with van der Waals surface area (Å²) in [5, 5.41) is 0. The SMILES string of the molecule is CC(C)N1CCOC[C@@]2(CN(C(=O)c3cn(C)cn3)CCO2)C1. The number of morpholine rings is 1. The average Bonchev–Trinajstić information content (AvgIpc) is 2.85. The van der Waals surface area contributed by atoms with Gasteiger partial charge in [0, 0.05) is 38.9 Å². The van der Waals surface area contributed by atoms with Gasteiger partial charge in [-0.05, 0) is 13.8 Å². The number of nitrogens with zero attached hydrogens (tertiary/aromatic N) is 4. The largest absolute Gasteiger partial charge is 0.377 e. The third-order valence-corrected chi connectivity index (χ3v) is 4.57. The van der Waals surface area contributed by atoms with Crippen LogP contribution >= 0.6 is 0 Å². The number of carbonyl (C=O) groups excluding carboxylic acids is 1. The lowest BCUT2D eigenvalue weighted by atomic mass is 10.0. The number of aromatic nitrogens is 2. The second-order valence-corrected chi connectivity index (χ2v) is 6.80. The van der Waals surface area contributed by atoms with Gasteiger partial charge in [0.15, 0.2) is 0 Å². The van der Waals surface area contributed by atoms with E-state index in [0.717, 1.165) is 13.1 Å². The van der Waals surface area contributed by atoms with Crippen molar-refractivity contribution < 1.29 is 14.3 Å². The van der Waals surface area contributed by atoms with Crippen LogP contribution in [0, 0.1) is 0 Å². The van der Waals surface area contributed by atoms with Crippen molar-refractivity contribution in [2.75, 3.05) is 46.0 Å². The lowest BCUT2D eigenvalue weighted by Crippen LogP contribution is -2.60. The molecule has 0 unspecified atom stereocenters. The van der Waals surface area contributed by atoms with Gasteiger partial charge in [-0.25, -0.2) is 4.98 Å². The van der Waals surface area contributed by atoms with Crippen molar-refractivity contribution in [1.29, 1.82) is 0 Å². The summed E-state index contributed by atoms with van der Waals surface area (Å²) in [6.45, 7) is 8.96. The van der Waals surface area contributed by atoms with Crippen LogP contribution < -0.4 is 0 Å². The lowest BCUT2D eigenvalue weighted by molar-refractivity contribution is -0.134. The monoisotopic (exact) mass is 322 g/mol. The summed E-state index contributed by atoms with van der Waals surface area (Å²) in [6, 6.07) is 0.430. The summed E-state index contributed by atoms with van der Waals surface area (Å²) < 4.78 is 13.7. The zero-order valence-electron chi connectivity index (χ0n) is 14.2. The standard InChI is InChI=1S/C16H26N4O3/c1-13(2)19-4-6-22-11-16(9-19)10-20(5-7-23-16)15(21)14-8-18(3)12-17-14/h8,12-13H,4-7,9-11H2,1-3H3/t16-/m0/s1. The molecule has 2 aliphatic rings. The molecule has 1 aromatic rings. The van der Waals surface area contributed by atoms with Gasteiger partial charge in [-0.15, -0.1) is 0 Å². The van der Waals surface area contributed by atoms with Gasteiger partial charge in [0.25, 0.3) is 5.91 Å². The summed E-state index contributed by atoms with van der Waals surface area (Å²) >= 11 is 0. The molecule has 23 heavy (non-hydrogen) atoms. The molecule has 7 heteroatoms. The van der Waals surface area contributed by atoms with Gasteiger partial charge in [0.05, 0.1) is 32.7 Å². The fourth-order valence-corrected chi connectivity index (χ4v) is 3.26. The van der Waals surface area contributed by atoms with Crippen LogP contribution in [-0.2, 0) is 16.5 Å². The zero-order valence-corrected chi connectivity index (χ0v) is 14.2. The second kappa shape index (κ2) is 6.59. The number of hydrogen-bond donors (Lipinski definition) is 0. The minimum absolute atomic E-state index is 0.0337. The highest BCUT2D eigenvalue weighted by Crippen LogP contribution is 2.24. The van der Waals surface area contributed by atoms with E-state index < -0.39 is 5.60 Å². The molecule has 0 bridgehead atoms. The van der Waals surface area contributed by atoms with Crippen LogP contribution in [0.5, 0.6) is 0 Å². The summed E-state index contributed by atoms with van der Waals surface area (Å²) in [7, 11) is 1.87. The maximum absolute atomic E-state index is 12.7. The minimum Gasteiger partial charge on any atom is -0.377 e. The van der Waals surface area contributed by atoms with E-state index in [1.807, 2.05) is 11.9 Å². The zero-order chi connectivity index (χ0) is 16.4. The Kier molecular flexibility index (Phi) is 4.70. The summed E-state index contributed by atoms with van der Waals surface area (Å²) in [4.78, 5) is 21.1. The summed E-state index contributed by atoms with van der Waals surface area (Å²) in [5.41, 5.74) is 0.0449. The third-order valence-electron chi connectivity index (χ3n) is 4.57. The topological polar surface area (TPSA) is 59.8 Å². The minimum atomic E-state index is -0.441. The normalized spacial score (nSPS) is 26.7. The van der Waals surface area contributed by atoms with Crippen LogP contribution in [0.4, 0.5) is 0 Å². The number of amides is 1. The van der Waals surface area contributed by atoms with Crippen LogP contribution in [-0.4, -0.2) is 82.9 Å². The second-order valence-electron chi connectivity index (χ2n) is 6.80. The smallest absolute Gasteiger partial charge is 0.274 e. The first-order chi connectivity index (χ1) is 11.0. The molecule has 2 fully saturated rings. The van der Waals surface area contributed by atoms with Crippen molar-refractivity contribution in [3.63, 3.8) is 0 Å². The first-order valence-electron chi connectivity index (χ1n) is 8.22. The molecule has 1 amide bonds. The number of rotatable bonds is 2. The first kappa shape index (κ1) is 16.4. The van der Waals surface area contributed by atoms with E-state index >= 15 is 0 Å². The Hall–Kier alpha value is -1.44. The molecule has 128 valence electrons. The molecule has 1 atom stereocenters.